The van der Waals surface area contributed by atoms with Gasteiger partial charge in [-0.05, 0) is 44.2 Å². The average Bonchev–Trinajstić information content (AvgIpc) is 2.98. The number of ether oxygens (including phenoxy) is 1. The van der Waals surface area contributed by atoms with Crippen molar-refractivity contribution in [3.05, 3.63) is 33.9 Å². The summed E-state index contributed by atoms with van der Waals surface area (Å²) in [6, 6.07) is 5.32. The lowest BCUT2D eigenvalue weighted by Gasteiger charge is -2.33. The number of nitro groups is 1. The summed E-state index contributed by atoms with van der Waals surface area (Å²) < 4.78 is 4.98. The standard InChI is InChI=1S/C17H22N2O4/c1-2-23-17(20)14-11-13(7-8-16(14)19(21)22)18-10-9-12-5-3-4-6-15(12)18/h7-8,11-12,15H,2-6,9-10H2,1H3. The van der Waals surface area contributed by atoms with Crippen LogP contribution in [0.2, 0.25) is 0 Å². The van der Waals surface area contributed by atoms with E-state index in [2.05, 4.69) is 4.90 Å². The number of carbonyl (C=O) groups excluding carboxylic acids is 1. The van der Waals surface area contributed by atoms with Crippen LogP contribution in [0.15, 0.2) is 18.2 Å². The molecule has 1 heterocycles. The van der Waals surface area contributed by atoms with Crippen LogP contribution >= 0.6 is 0 Å². The van der Waals surface area contributed by atoms with Crippen LogP contribution in [0.25, 0.3) is 0 Å². The van der Waals surface area contributed by atoms with Crippen LogP contribution < -0.4 is 4.90 Å². The molecule has 0 radical (unpaired) electrons. The van der Waals surface area contributed by atoms with E-state index in [1.165, 1.54) is 25.3 Å². The van der Waals surface area contributed by atoms with Crippen LogP contribution in [0.4, 0.5) is 11.4 Å². The minimum Gasteiger partial charge on any atom is -0.462 e. The highest BCUT2D eigenvalue weighted by molar-refractivity contribution is 5.95. The van der Waals surface area contributed by atoms with Gasteiger partial charge in [-0.3, -0.25) is 10.1 Å². The molecule has 0 N–H and O–H groups in total. The smallest absolute Gasteiger partial charge is 0.345 e. The van der Waals surface area contributed by atoms with Crippen molar-refractivity contribution in [1.82, 2.24) is 0 Å². The maximum Gasteiger partial charge on any atom is 0.345 e. The monoisotopic (exact) mass is 318 g/mol. The lowest BCUT2D eigenvalue weighted by molar-refractivity contribution is -0.385. The first kappa shape index (κ1) is 15.8. The molecular weight excluding hydrogens is 296 g/mol. The van der Waals surface area contributed by atoms with Gasteiger partial charge in [0.1, 0.15) is 5.56 Å². The summed E-state index contributed by atoms with van der Waals surface area (Å²) in [4.78, 5) is 25.0. The van der Waals surface area contributed by atoms with Crippen LogP contribution in [0.1, 0.15) is 49.4 Å². The number of carbonyl (C=O) groups is 1. The Bertz CT molecular complexity index is 617. The topological polar surface area (TPSA) is 72.7 Å². The van der Waals surface area contributed by atoms with Gasteiger partial charge in [-0.2, -0.15) is 0 Å². The third-order valence-electron chi connectivity index (χ3n) is 5.01. The molecule has 3 rings (SSSR count). The number of rotatable bonds is 4. The first-order valence-corrected chi connectivity index (χ1v) is 8.34. The summed E-state index contributed by atoms with van der Waals surface area (Å²) in [5, 5.41) is 11.2. The van der Waals surface area contributed by atoms with Gasteiger partial charge >= 0.3 is 5.97 Å². The van der Waals surface area contributed by atoms with Gasteiger partial charge in [0.25, 0.3) is 5.69 Å². The van der Waals surface area contributed by atoms with E-state index < -0.39 is 10.9 Å². The molecule has 1 aliphatic carbocycles. The first-order chi connectivity index (χ1) is 11.1. The molecule has 2 aliphatic rings. The fraction of sp³-hybridized carbons (Fsp3) is 0.588. The number of hydrogen-bond donors (Lipinski definition) is 0. The molecule has 23 heavy (non-hydrogen) atoms. The summed E-state index contributed by atoms with van der Waals surface area (Å²) >= 11 is 0. The van der Waals surface area contributed by atoms with Gasteiger partial charge in [0, 0.05) is 24.3 Å². The second-order valence-corrected chi connectivity index (χ2v) is 6.27. The van der Waals surface area contributed by atoms with E-state index in [0.717, 1.165) is 25.1 Å². The quantitative estimate of drug-likeness (QED) is 0.482. The largest absolute Gasteiger partial charge is 0.462 e. The number of nitrogens with zero attached hydrogens (tertiary/aromatic N) is 2. The van der Waals surface area contributed by atoms with Gasteiger partial charge in [0.05, 0.1) is 11.5 Å². The van der Waals surface area contributed by atoms with E-state index in [9.17, 15) is 14.9 Å². The zero-order chi connectivity index (χ0) is 16.4. The third kappa shape index (κ3) is 3.02. The molecule has 124 valence electrons. The van der Waals surface area contributed by atoms with Crippen molar-refractivity contribution in [3.8, 4) is 0 Å². The number of fused-ring (bicyclic) bond motifs is 1. The summed E-state index contributed by atoms with van der Waals surface area (Å²) in [6.07, 6.45) is 6.12. The van der Waals surface area contributed by atoms with E-state index in [4.69, 9.17) is 4.74 Å². The Morgan fingerprint density at radius 3 is 2.87 bits per heavy atom. The van der Waals surface area contributed by atoms with E-state index in [0.29, 0.717) is 12.0 Å². The Morgan fingerprint density at radius 2 is 2.13 bits per heavy atom. The Kier molecular flexibility index (Phi) is 4.50. The molecular formula is C17H22N2O4. The fourth-order valence-corrected chi connectivity index (χ4v) is 3.96. The lowest BCUT2D eigenvalue weighted by atomic mass is 9.85. The van der Waals surface area contributed by atoms with Gasteiger partial charge in [-0.15, -0.1) is 0 Å². The Labute approximate surface area is 135 Å². The van der Waals surface area contributed by atoms with E-state index in [-0.39, 0.29) is 17.9 Å². The van der Waals surface area contributed by atoms with Crippen LogP contribution in [0, 0.1) is 16.0 Å². The van der Waals surface area contributed by atoms with Crippen molar-refractivity contribution in [2.75, 3.05) is 18.1 Å². The Morgan fingerprint density at radius 1 is 1.35 bits per heavy atom. The van der Waals surface area contributed by atoms with Crippen LogP contribution in [-0.2, 0) is 4.74 Å². The number of nitro benzene ring substituents is 1. The minimum absolute atomic E-state index is 0.0496. The molecule has 6 nitrogen and oxygen atoms in total. The highest BCUT2D eigenvalue weighted by Gasteiger charge is 2.36. The maximum atomic E-state index is 12.1. The van der Waals surface area contributed by atoms with Crippen LogP contribution in [-0.4, -0.2) is 30.1 Å². The normalized spacial score (nSPS) is 23.4. The summed E-state index contributed by atoms with van der Waals surface area (Å²) in [7, 11) is 0. The minimum atomic E-state index is -0.625. The van der Waals surface area contributed by atoms with Crippen molar-refractivity contribution in [2.24, 2.45) is 5.92 Å². The van der Waals surface area contributed by atoms with Gasteiger partial charge in [0.2, 0.25) is 0 Å². The van der Waals surface area contributed by atoms with Crippen molar-refractivity contribution in [1.29, 1.82) is 0 Å². The van der Waals surface area contributed by atoms with Gasteiger partial charge < -0.3 is 9.64 Å². The SMILES string of the molecule is CCOC(=O)c1cc(N2CCC3CCCCC32)ccc1[N+](=O)[O-]. The zero-order valence-electron chi connectivity index (χ0n) is 13.4. The highest BCUT2D eigenvalue weighted by atomic mass is 16.6. The van der Waals surface area contributed by atoms with E-state index in [1.807, 2.05) is 0 Å². The average molecular weight is 318 g/mol. The van der Waals surface area contributed by atoms with Crippen LogP contribution in [0.3, 0.4) is 0 Å². The van der Waals surface area contributed by atoms with Crippen molar-refractivity contribution >= 4 is 17.3 Å². The van der Waals surface area contributed by atoms with Crippen molar-refractivity contribution in [3.63, 3.8) is 0 Å². The molecule has 2 atom stereocenters. The number of anilines is 1. The number of hydrogen-bond acceptors (Lipinski definition) is 5. The molecule has 1 aromatic carbocycles. The molecule has 1 aliphatic heterocycles. The molecule has 2 unspecified atom stereocenters. The predicted molar refractivity (Wildman–Crippen MR) is 86.8 cm³/mol. The molecule has 1 aromatic rings. The summed E-state index contributed by atoms with van der Waals surface area (Å²) in [6.45, 7) is 2.85. The number of esters is 1. The molecule has 0 amide bonds. The van der Waals surface area contributed by atoms with Crippen LogP contribution in [0.5, 0.6) is 0 Å². The lowest BCUT2D eigenvalue weighted by Crippen LogP contribution is -2.34. The molecule has 0 aromatic heterocycles. The molecule has 0 bridgehead atoms. The molecule has 6 heteroatoms. The molecule has 2 fully saturated rings. The first-order valence-electron chi connectivity index (χ1n) is 8.34. The molecule has 0 spiro atoms. The van der Waals surface area contributed by atoms with E-state index >= 15 is 0 Å². The highest BCUT2D eigenvalue weighted by Crippen LogP contribution is 2.39. The Balaban J connectivity index is 1.92. The molecule has 1 saturated carbocycles. The second-order valence-electron chi connectivity index (χ2n) is 6.27. The predicted octanol–water partition coefficient (Wildman–Crippen LogP) is 3.54. The van der Waals surface area contributed by atoms with Gasteiger partial charge in [-0.25, -0.2) is 4.79 Å². The zero-order valence-corrected chi connectivity index (χ0v) is 13.4. The van der Waals surface area contributed by atoms with E-state index in [1.54, 1.807) is 19.1 Å². The summed E-state index contributed by atoms with van der Waals surface area (Å²) in [5.41, 5.74) is 0.758. The fourth-order valence-electron chi connectivity index (χ4n) is 3.96. The summed E-state index contributed by atoms with van der Waals surface area (Å²) in [5.74, 6) is 0.0884. The second kappa shape index (κ2) is 6.56. The van der Waals surface area contributed by atoms with Gasteiger partial charge in [-0.1, -0.05) is 12.8 Å². The van der Waals surface area contributed by atoms with Gasteiger partial charge in [0.15, 0.2) is 0 Å². The number of benzene rings is 1. The Hall–Kier alpha value is -2.11. The maximum absolute atomic E-state index is 12.1. The molecule has 1 saturated heterocycles. The van der Waals surface area contributed by atoms with Crippen molar-refractivity contribution < 1.29 is 14.5 Å². The third-order valence-corrected chi connectivity index (χ3v) is 5.01. The van der Waals surface area contributed by atoms with Crippen molar-refractivity contribution in [2.45, 2.75) is 45.1 Å².